The highest BCUT2D eigenvalue weighted by molar-refractivity contribution is 9.10. The fraction of sp³-hybridized carbons (Fsp3) is 0.160. The van der Waals surface area contributed by atoms with Gasteiger partial charge >= 0.3 is 0 Å². The second-order valence-corrected chi connectivity index (χ2v) is 8.41. The number of ether oxygens (including phenoxy) is 2. The summed E-state index contributed by atoms with van der Waals surface area (Å²) in [7, 11) is 0. The SMILES string of the molecule is CCOc1cc(/C=N/NC(=O)c2ccc(C)cc2)cc(Br)c1OCC(=O)Nc1ccccc1Cl. The van der Waals surface area contributed by atoms with Gasteiger partial charge in [-0.3, -0.25) is 9.59 Å². The van der Waals surface area contributed by atoms with Crippen molar-refractivity contribution in [2.75, 3.05) is 18.5 Å². The number of carbonyl (C=O) groups is 2. The fourth-order valence-corrected chi connectivity index (χ4v) is 3.64. The third-order valence-electron chi connectivity index (χ3n) is 4.52. The van der Waals surface area contributed by atoms with Gasteiger partial charge in [-0.15, -0.1) is 0 Å². The van der Waals surface area contributed by atoms with Crippen LogP contribution < -0.4 is 20.2 Å². The van der Waals surface area contributed by atoms with Crippen LogP contribution in [-0.2, 0) is 4.79 Å². The summed E-state index contributed by atoms with van der Waals surface area (Å²) in [6, 6.07) is 17.6. The van der Waals surface area contributed by atoms with Crippen LogP contribution in [0.1, 0.15) is 28.4 Å². The smallest absolute Gasteiger partial charge is 0.271 e. The second-order valence-electron chi connectivity index (χ2n) is 7.14. The first-order valence-corrected chi connectivity index (χ1v) is 11.6. The Hall–Kier alpha value is -3.36. The number of hydrogen-bond acceptors (Lipinski definition) is 5. The van der Waals surface area contributed by atoms with Crippen molar-refractivity contribution >= 4 is 51.2 Å². The van der Waals surface area contributed by atoms with Gasteiger partial charge in [0.05, 0.1) is 28.0 Å². The molecule has 0 fully saturated rings. The molecule has 0 aliphatic heterocycles. The molecule has 0 aromatic heterocycles. The maximum Gasteiger partial charge on any atom is 0.271 e. The van der Waals surface area contributed by atoms with E-state index in [0.29, 0.717) is 44.4 Å². The number of hydrazone groups is 1. The first kappa shape index (κ1) is 25.3. The molecule has 0 bridgehead atoms. The molecule has 0 saturated carbocycles. The molecule has 9 heteroatoms. The highest BCUT2D eigenvalue weighted by Crippen LogP contribution is 2.36. The first-order chi connectivity index (χ1) is 16.4. The minimum absolute atomic E-state index is 0.246. The van der Waals surface area contributed by atoms with E-state index in [1.807, 2.05) is 26.0 Å². The summed E-state index contributed by atoms with van der Waals surface area (Å²) in [5.74, 6) is 0.113. The van der Waals surface area contributed by atoms with Gasteiger partial charge in [0.2, 0.25) is 0 Å². The number of para-hydroxylation sites is 1. The fourth-order valence-electron chi connectivity index (χ4n) is 2.89. The number of anilines is 1. The summed E-state index contributed by atoms with van der Waals surface area (Å²) < 4.78 is 12.0. The van der Waals surface area contributed by atoms with E-state index in [1.54, 1.807) is 48.5 Å². The van der Waals surface area contributed by atoms with Crippen molar-refractivity contribution in [3.05, 3.63) is 86.8 Å². The van der Waals surface area contributed by atoms with E-state index in [-0.39, 0.29) is 18.4 Å². The molecule has 176 valence electrons. The van der Waals surface area contributed by atoms with Crippen LogP contribution in [0.5, 0.6) is 11.5 Å². The summed E-state index contributed by atoms with van der Waals surface area (Å²) >= 11 is 9.53. The molecule has 0 radical (unpaired) electrons. The highest BCUT2D eigenvalue weighted by Gasteiger charge is 2.14. The van der Waals surface area contributed by atoms with E-state index in [2.05, 4.69) is 31.8 Å². The second kappa shape index (κ2) is 12.2. The van der Waals surface area contributed by atoms with E-state index in [4.69, 9.17) is 21.1 Å². The molecule has 0 aliphatic carbocycles. The number of halogens is 2. The number of nitrogens with zero attached hydrogens (tertiary/aromatic N) is 1. The topological polar surface area (TPSA) is 89.0 Å². The molecule has 0 unspecified atom stereocenters. The van der Waals surface area contributed by atoms with Crippen molar-refractivity contribution in [3.8, 4) is 11.5 Å². The lowest BCUT2D eigenvalue weighted by Crippen LogP contribution is -2.20. The van der Waals surface area contributed by atoms with Crippen molar-refractivity contribution < 1.29 is 19.1 Å². The van der Waals surface area contributed by atoms with Crippen LogP contribution in [0.25, 0.3) is 0 Å². The number of nitrogens with one attached hydrogen (secondary N) is 2. The highest BCUT2D eigenvalue weighted by atomic mass is 79.9. The Balaban J connectivity index is 1.66. The molecule has 2 amide bonds. The Labute approximate surface area is 211 Å². The monoisotopic (exact) mass is 543 g/mol. The summed E-state index contributed by atoms with van der Waals surface area (Å²) in [6.45, 7) is 3.93. The number of hydrogen-bond donors (Lipinski definition) is 2. The quantitative estimate of drug-likeness (QED) is 0.271. The predicted octanol–water partition coefficient (Wildman–Crippen LogP) is 5.59. The molecular weight excluding hydrogens is 522 g/mol. The van der Waals surface area contributed by atoms with Gasteiger partial charge in [-0.1, -0.05) is 41.4 Å². The molecule has 7 nitrogen and oxygen atoms in total. The molecule has 2 N–H and O–H groups in total. The molecule has 3 aromatic carbocycles. The van der Waals surface area contributed by atoms with Crippen LogP contribution in [0, 0.1) is 6.92 Å². The van der Waals surface area contributed by atoms with E-state index in [9.17, 15) is 9.59 Å². The van der Waals surface area contributed by atoms with Crippen LogP contribution in [0.3, 0.4) is 0 Å². The summed E-state index contributed by atoms with van der Waals surface area (Å²) in [6.07, 6.45) is 1.49. The largest absolute Gasteiger partial charge is 0.490 e. The van der Waals surface area contributed by atoms with E-state index in [1.165, 1.54) is 6.21 Å². The molecular formula is C25H23BrClN3O4. The zero-order valence-electron chi connectivity index (χ0n) is 18.6. The minimum Gasteiger partial charge on any atom is -0.490 e. The zero-order chi connectivity index (χ0) is 24.5. The molecule has 0 spiro atoms. The molecule has 0 saturated heterocycles. The van der Waals surface area contributed by atoms with Crippen LogP contribution in [0.15, 0.2) is 70.2 Å². The normalized spacial score (nSPS) is 10.7. The number of rotatable bonds is 9. The van der Waals surface area contributed by atoms with E-state index >= 15 is 0 Å². The van der Waals surface area contributed by atoms with Crippen molar-refractivity contribution in [3.63, 3.8) is 0 Å². The van der Waals surface area contributed by atoms with Crippen LogP contribution in [0.2, 0.25) is 5.02 Å². The van der Waals surface area contributed by atoms with Gasteiger partial charge in [0.25, 0.3) is 11.8 Å². The van der Waals surface area contributed by atoms with Crippen LogP contribution >= 0.6 is 27.5 Å². The Morgan fingerprint density at radius 1 is 1.09 bits per heavy atom. The van der Waals surface area contributed by atoms with Gasteiger partial charge in [-0.25, -0.2) is 5.43 Å². The van der Waals surface area contributed by atoms with Crippen molar-refractivity contribution in [1.29, 1.82) is 0 Å². The average molecular weight is 545 g/mol. The van der Waals surface area contributed by atoms with Crippen molar-refractivity contribution in [1.82, 2.24) is 5.43 Å². The first-order valence-electron chi connectivity index (χ1n) is 10.4. The van der Waals surface area contributed by atoms with Gasteiger partial charge in [-0.05, 0) is 71.7 Å². The van der Waals surface area contributed by atoms with Crippen molar-refractivity contribution in [2.24, 2.45) is 5.10 Å². The Morgan fingerprint density at radius 3 is 2.53 bits per heavy atom. The number of carbonyl (C=O) groups excluding carboxylic acids is 2. The summed E-state index contributed by atoms with van der Waals surface area (Å²) in [4.78, 5) is 24.5. The Bertz CT molecular complexity index is 1200. The lowest BCUT2D eigenvalue weighted by molar-refractivity contribution is -0.118. The van der Waals surface area contributed by atoms with Crippen molar-refractivity contribution in [2.45, 2.75) is 13.8 Å². The average Bonchev–Trinajstić information content (AvgIpc) is 2.80. The molecule has 0 heterocycles. The van der Waals surface area contributed by atoms with E-state index < -0.39 is 0 Å². The zero-order valence-corrected chi connectivity index (χ0v) is 20.9. The number of amides is 2. The van der Waals surface area contributed by atoms with Gasteiger partial charge in [-0.2, -0.15) is 5.10 Å². The molecule has 34 heavy (non-hydrogen) atoms. The number of aryl methyl sites for hydroxylation is 1. The van der Waals surface area contributed by atoms with Crippen LogP contribution in [0.4, 0.5) is 5.69 Å². The standard InChI is InChI=1S/C25H23BrClN3O4/c1-3-33-22-13-17(14-28-30-25(32)18-10-8-16(2)9-11-18)12-19(26)24(22)34-15-23(31)29-21-7-5-4-6-20(21)27/h4-14H,3,15H2,1-2H3,(H,29,31)(H,30,32)/b28-14+. The predicted molar refractivity (Wildman–Crippen MR) is 137 cm³/mol. The molecule has 3 rings (SSSR count). The van der Waals surface area contributed by atoms with Gasteiger partial charge in [0.1, 0.15) is 0 Å². The Morgan fingerprint density at radius 2 is 1.82 bits per heavy atom. The lowest BCUT2D eigenvalue weighted by atomic mass is 10.1. The maximum atomic E-state index is 12.3. The molecule has 0 atom stereocenters. The number of benzene rings is 3. The Kier molecular flexibility index (Phi) is 9.07. The van der Waals surface area contributed by atoms with Gasteiger partial charge in [0, 0.05) is 5.56 Å². The third kappa shape index (κ3) is 7.07. The summed E-state index contributed by atoms with van der Waals surface area (Å²) in [5, 5.41) is 7.16. The lowest BCUT2D eigenvalue weighted by Gasteiger charge is -2.15. The minimum atomic E-state index is -0.369. The summed E-state index contributed by atoms with van der Waals surface area (Å²) in [5.41, 5.74) is 5.24. The van der Waals surface area contributed by atoms with Gasteiger partial charge < -0.3 is 14.8 Å². The molecule has 0 aliphatic rings. The van der Waals surface area contributed by atoms with Gasteiger partial charge in [0.15, 0.2) is 18.1 Å². The maximum absolute atomic E-state index is 12.3. The third-order valence-corrected chi connectivity index (χ3v) is 5.44. The van der Waals surface area contributed by atoms with E-state index in [0.717, 1.165) is 5.56 Å². The molecule has 3 aromatic rings. The van der Waals surface area contributed by atoms with Crippen LogP contribution in [-0.4, -0.2) is 31.2 Å².